The Balaban J connectivity index is 1.60. The number of rotatable bonds is 6. The summed E-state index contributed by atoms with van der Waals surface area (Å²) < 4.78 is 20.5. The molecule has 1 N–H and O–H groups in total. The molecular formula is C16H20FN5O2S. The van der Waals surface area contributed by atoms with Crippen molar-refractivity contribution in [2.45, 2.75) is 18.6 Å². The third-order valence-electron chi connectivity index (χ3n) is 3.75. The van der Waals surface area contributed by atoms with Gasteiger partial charge >= 0.3 is 0 Å². The van der Waals surface area contributed by atoms with Crippen LogP contribution in [0.25, 0.3) is 0 Å². The molecule has 7 nitrogen and oxygen atoms in total. The minimum atomic E-state index is -0.383. The van der Waals surface area contributed by atoms with Gasteiger partial charge < -0.3 is 15.0 Å². The van der Waals surface area contributed by atoms with Crippen LogP contribution in [0.15, 0.2) is 29.4 Å². The normalized spacial score (nSPS) is 14.6. The molecule has 0 unspecified atom stereocenters. The highest BCUT2D eigenvalue weighted by atomic mass is 32.2. The Morgan fingerprint density at radius 3 is 2.88 bits per heavy atom. The lowest BCUT2D eigenvalue weighted by Gasteiger charge is -2.27. The van der Waals surface area contributed by atoms with E-state index in [1.54, 1.807) is 12.1 Å². The smallest absolute Gasteiger partial charge is 0.234 e. The first-order chi connectivity index (χ1) is 12.2. The third-order valence-corrected chi connectivity index (χ3v) is 4.71. The molecule has 1 fully saturated rings. The van der Waals surface area contributed by atoms with Crippen molar-refractivity contribution in [2.75, 3.05) is 42.3 Å². The van der Waals surface area contributed by atoms with Crippen molar-refractivity contribution in [1.82, 2.24) is 14.8 Å². The molecule has 2 heterocycles. The number of nitrogens with zero attached hydrogens (tertiary/aromatic N) is 4. The largest absolute Gasteiger partial charge is 0.378 e. The Morgan fingerprint density at radius 1 is 1.36 bits per heavy atom. The highest BCUT2D eigenvalue weighted by Gasteiger charge is 2.20. The number of nitrogens with one attached hydrogen (secondary N) is 1. The zero-order valence-electron chi connectivity index (χ0n) is 13.9. The lowest BCUT2D eigenvalue weighted by atomic mass is 10.3. The topological polar surface area (TPSA) is 72.3 Å². The van der Waals surface area contributed by atoms with Crippen molar-refractivity contribution in [2.24, 2.45) is 0 Å². The predicted octanol–water partition coefficient (Wildman–Crippen LogP) is 2.00. The van der Waals surface area contributed by atoms with Gasteiger partial charge in [-0.3, -0.25) is 9.36 Å². The molecule has 0 aliphatic carbocycles. The molecule has 1 saturated heterocycles. The van der Waals surface area contributed by atoms with E-state index in [9.17, 15) is 9.18 Å². The van der Waals surface area contributed by atoms with Gasteiger partial charge in [-0.15, -0.1) is 10.2 Å². The molecule has 9 heteroatoms. The van der Waals surface area contributed by atoms with Crippen molar-refractivity contribution in [3.05, 3.63) is 30.1 Å². The fraction of sp³-hybridized carbons (Fsp3) is 0.438. The number of ether oxygens (including phenoxy) is 1. The average Bonchev–Trinajstić information content (AvgIpc) is 3.03. The van der Waals surface area contributed by atoms with E-state index in [1.807, 2.05) is 11.5 Å². The second kappa shape index (κ2) is 8.30. The van der Waals surface area contributed by atoms with E-state index in [1.165, 1.54) is 23.9 Å². The van der Waals surface area contributed by atoms with E-state index in [0.29, 0.717) is 30.6 Å². The van der Waals surface area contributed by atoms with E-state index >= 15 is 0 Å². The molecule has 0 bridgehead atoms. The zero-order valence-corrected chi connectivity index (χ0v) is 14.8. The number of halogens is 1. The Morgan fingerprint density at radius 2 is 2.16 bits per heavy atom. The van der Waals surface area contributed by atoms with Crippen LogP contribution in [-0.2, 0) is 16.1 Å². The van der Waals surface area contributed by atoms with E-state index in [2.05, 4.69) is 20.4 Å². The van der Waals surface area contributed by atoms with Crippen LogP contribution in [-0.4, -0.2) is 52.7 Å². The third kappa shape index (κ3) is 4.49. The number of carbonyl (C=O) groups excluding carboxylic acids is 1. The molecule has 0 atom stereocenters. The summed E-state index contributed by atoms with van der Waals surface area (Å²) in [6, 6.07) is 5.83. The summed E-state index contributed by atoms with van der Waals surface area (Å²) in [4.78, 5) is 14.2. The Labute approximate surface area is 149 Å². The summed E-state index contributed by atoms with van der Waals surface area (Å²) in [5.74, 6) is 0.386. The number of hydrogen-bond acceptors (Lipinski definition) is 6. The highest BCUT2D eigenvalue weighted by Crippen LogP contribution is 2.23. The number of amides is 1. The zero-order chi connectivity index (χ0) is 17.6. The SMILES string of the molecule is CCn1c(SCC(=O)Nc2cccc(F)c2)nnc1N1CCOCC1. The summed E-state index contributed by atoms with van der Waals surface area (Å²) in [6.07, 6.45) is 0. The molecule has 134 valence electrons. The fourth-order valence-corrected chi connectivity index (χ4v) is 3.35. The Bertz CT molecular complexity index is 733. The first-order valence-corrected chi connectivity index (χ1v) is 9.10. The first kappa shape index (κ1) is 17.7. The molecule has 1 amide bonds. The molecule has 0 radical (unpaired) electrons. The molecule has 1 aliphatic heterocycles. The second-order valence-corrected chi connectivity index (χ2v) is 6.42. The second-order valence-electron chi connectivity index (χ2n) is 5.47. The Hall–Kier alpha value is -2.13. The van der Waals surface area contributed by atoms with E-state index in [0.717, 1.165) is 19.0 Å². The summed E-state index contributed by atoms with van der Waals surface area (Å²) in [5.41, 5.74) is 0.441. The minimum Gasteiger partial charge on any atom is -0.378 e. The monoisotopic (exact) mass is 365 g/mol. The summed E-state index contributed by atoms with van der Waals surface area (Å²) in [6.45, 7) is 5.65. The lowest BCUT2D eigenvalue weighted by Crippen LogP contribution is -2.38. The maximum absolute atomic E-state index is 13.2. The molecule has 1 aromatic heterocycles. The van der Waals surface area contributed by atoms with Crippen LogP contribution in [0.5, 0.6) is 0 Å². The number of hydrogen-bond donors (Lipinski definition) is 1. The number of aromatic nitrogens is 3. The van der Waals surface area contributed by atoms with Crippen LogP contribution >= 0.6 is 11.8 Å². The molecule has 0 spiro atoms. The Kier molecular flexibility index (Phi) is 5.87. The van der Waals surface area contributed by atoms with Crippen molar-refractivity contribution in [3.63, 3.8) is 0 Å². The van der Waals surface area contributed by atoms with Crippen LogP contribution in [0.3, 0.4) is 0 Å². The van der Waals surface area contributed by atoms with Crippen molar-refractivity contribution in [1.29, 1.82) is 0 Å². The van der Waals surface area contributed by atoms with Gasteiger partial charge in [0.1, 0.15) is 5.82 Å². The van der Waals surface area contributed by atoms with Crippen molar-refractivity contribution >= 4 is 29.3 Å². The van der Waals surface area contributed by atoms with Gasteiger partial charge in [-0.2, -0.15) is 0 Å². The van der Waals surface area contributed by atoms with Gasteiger partial charge in [-0.1, -0.05) is 17.8 Å². The molecule has 25 heavy (non-hydrogen) atoms. The van der Waals surface area contributed by atoms with Gasteiger partial charge in [-0.25, -0.2) is 4.39 Å². The highest BCUT2D eigenvalue weighted by molar-refractivity contribution is 7.99. The van der Waals surface area contributed by atoms with Crippen molar-refractivity contribution in [3.8, 4) is 0 Å². The van der Waals surface area contributed by atoms with Crippen LogP contribution in [0.1, 0.15) is 6.92 Å². The molecule has 1 aromatic carbocycles. The number of carbonyl (C=O) groups is 1. The fourth-order valence-electron chi connectivity index (χ4n) is 2.56. The molecule has 0 saturated carbocycles. The van der Waals surface area contributed by atoms with Gasteiger partial charge in [0.2, 0.25) is 11.9 Å². The number of morpholine rings is 1. The van der Waals surface area contributed by atoms with Gasteiger partial charge in [-0.05, 0) is 25.1 Å². The first-order valence-electron chi connectivity index (χ1n) is 8.11. The minimum absolute atomic E-state index is 0.178. The molecule has 3 rings (SSSR count). The number of benzene rings is 1. The quantitative estimate of drug-likeness (QED) is 0.790. The maximum Gasteiger partial charge on any atom is 0.234 e. The molecular weight excluding hydrogens is 345 g/mol. The number of thioether (sulfide) groups is 1. The summed E-state index contributed by atoms with van der Waals surface area (Å²) in [7, 11) is 0. The maximum atomic E-state index is 13.2. The summed E-state index contributed by atoms with van der Waals surface area (Å²) >= 11 is 1.31. The number of anilines is 2. The van der Waals surface area contributed by atoms with E-state index < -0.39 is 0 Å². The van der Waals surface area contributed by atoms with E-state index in [-0.39, 0.29) is 17.5 Å². The van der Waals surface area contributed by atoms with Gasteiger partial charge in [0.15, 0.2) is 5.16 Å². The lowest BCUT2D eigenvalue weighted by molar-refractivity contribution is -0.113. The van der Waals surface area contributed by atoms with Gasteiger partial charge in [0.25, 0.3) is 0 Å². The van der Waals surface area contributed by atoms with Gasteiger partial charge in [0.05, 0.1) is 19.0 Å². The van der Waals surface area contributed by atoms with Crippen LogP contribution in [0.2, 0.25) is 0 Å². The average molecular weight is 365 g/mol. The molecule has 1 aliphatic rings. The van der Waals surface area contributed by atoms with Crippen LogP contribution < -0.4 is 10.2 Å². The summed E-state index contributed by atoms with van der Waals surface area (Å²) in [5, 5.41) is 11.8. The predicted molar refractivity (Wildman–Crippen MR) is 94.5 cm³/mol. The van der Waals surface area contributed by atoms with Gasteiger partial charge in [0, 0.05) is 25.3 Å². The molecule has 2 aromatic rings. The van der Waals surface area contributed by atoms with Crippen molar-refractivity contribution < 1.29 is 13.9 Å². The van der Waals surface area contributed by atoms with Crippen LogP contribution in [0.4, 0.5) is 16.0 Å². The van der Waals surface area contributed by atoms with E-state index in [4.69, 9.17) is 4.74 Å². The van der Waals surface area contributed by atoms with Crippen LogP contribution in [0, 0.1) is 5.82 Å². The standard InChI is InChI=1S/C16H20FN5O2S/c1-2-22-15(21-6-8-24-9-7-21)19-20-16(22)25-11-14(23)18-13-5-3-4-12(17)10-13/h3-5,10H,2,6-9,11H2,1H3,(H,18,23).